The third-order valence-corrected chi connectivity index (χ3v) is 3.37. The van der Waals surface area contributed by atoms with E-state index < -0.39 is 0 Å². The number of aryl methyl sites for hydroxylation is 1. The normalized spacial score (nSPS) is 10.4. The highest BCUT2D eigenvalue weighted by Crippen LogP contribution is 2.23. The monoisotopic (exact) mass is 325 g/mol. The van der Waals surface area contributed by atoms with E-state index in [9.17, 15) is 9.18 Å². The van der Waals surface area contributed by atoms with Crippen molar-refractivity contribution in [3.63, 3.8) is 0 Å². The Labute approximate surface area is 138 Å². The van der Waals surface area contributed by atoms with Gasteiger partial charge in [0.15, 0.2) is 0 Å². The van der Waals surface area contributed by atoms with Gasteiger partial charge in [0.1, 0.15) is 17.3 Å². The second kappa shape index (κ2) is 7.41. The van der Waals surface area contributed by atoms with Crippen molar-refractivity contribution < 1.29 is 13.9 Å². The molecular formula is C18H16FN3O2. The van der Waals surface area contributed by atoms with Gasteiger partial charge >= 0.3 is 0 Å². The topological polar surface area (TPSA) is 67.0 Å². The number of ether oxygens (including phenoxy) is 1. The number of aromatic amines is 1. The molecule has 0 aliphatic carbocycles. The standard InChI is InChI=1S/C18H16FN3O2/c19-13-1-6-16(7-2-13)24-17-8-3-14(4-9-17)21-18(23)10-5-15-11-12-20-22-15/h1-4,6-9,11-12H,5,10H2,(H,20,22)(H,21,23). The molecule has 3 rings (SSSR count). The van der Waals surface area contributed by atoms with Crippen LogP contribution in [-0.4, -0.2) is 16.1 Å². The second-order valence-corrected chi connectivity index (χ2v) is 5.21. The van der Waals surface area contributed by atoms with Crippen LogP contribution in [0.1, 0.15) is 12.1 Å². The van der Waals surface area contributed by atoms with Gasteiger partial charge in [-0.05, 0) is 61.0 Å². The quantitative estimate of drug-likeness (QED) is 0.722. The van der Waals surface area contributed by atoms with E-state index in [2.05, 4.69) is 15.5 Å². The molecular weight excluding hydrogens is 309 g/mol. The fourth-order valence-corrected chi connectivity index (χ4v) is 2.14. The van der Waals surface area contributed by atoms with Gasteiger partial charge in [0, 0.05) is 24.0 Å². The van der Waals surface area contributed by atoms with Crippen molar-refractivity contribution >= 4 is 11.6 Å². The van der Waals surface area contributed by atoms with Crippen molar-refractivity contribution in [1.29, 1.82) is 0 Å². The first-order valence-electron chi connectivity index (χ1n) is 7.51. The van der Waals surface area contributed by atoms with Crippen molar-refractivity contribution in [2.45, 2.75) is 12.8 Å². The molecule has 0 atom stereocenters. The smallest absolute Gasteiger partial charge is 0.224 e. The van der Waals surface area contributed by atoms with Gasteiger partial charge in [-0.15, -0.1) is 0 Å². The Bertz CT molecular complexity index is 784. The first-order chi connectivity index (χ1) is 11.7. The van der Waals surface area contributed by atoms with Crippen LogP contribution in [0.3, 0.4) is 0 Å². The first kappa shape index (κ1) is 15.7. The number of nitrogens with one attached hydrogen (secondary N) is 2. The molecule has 24 heavy (non-hydrogen) atoms. The molecule has 0 saturated carbocycles. The largest absolute Gasteiger partial charge is 0.457 e. The van der Waals surface area contributed by atoms with Crippen LogP contribution in [0.5, 0.6) is 11.5 Å². The van der Waals surface area contributed by atoms with Crippen molar-refractivity contribution in [3.8, 4) is 11.5 Å². The summed E-state index contributed by atoms with van der Waals surface area (Å²) in [5.74, 6) is 0.775. The van der Waals surface area contributed by atoms with E-state index in [0.717, 1.165) is 5.69 Å². The van der Waals surface area contributed by atoms with Crippen LogP contribution in [0.25, 0.3) is 0 Å². The van der Waals surface area contributed by atoms with Crippen molar-refractivity contribution in [2.24, 2.45) is 0 Å². The van der Waals surface area contributed by atoms with E-state index >= 15 is 0 Å². The highest BCUT2D eigenvalue weighted by atomic mass is 19.1. The highest BCUT2D eigenvalue weighted by molar-refractivity contribution is 5.90. The number of hydrogen-bond donors (Lipinski definition) is 2. The summed E-state index contributed by atoms with van der Waals surface area (Å²) in [5.41, 5.74) is 1.62. The van der Waals surface area contributed by atoms with Gasteiger partial charge in [-0.1, -0.05) is 0 Å². The van der Waals surface area contributed by atoms with Gasteiger partial charge in [0.05, 0.1) is 0 Å². The van der Waals surface area contributed by atoms with Gasteiger partial charge in [-0.25, -0.2) is 4.39 Å². The SMILES string of the molecule is O=C(CCc1ccn[nH]1)Nc1ccc(Oc2ccc(F)cc2)cc1. The molecule has 0 spiro atoms. The van der Waals surface area contributed by atoms with E-state index in [4.69, 9.17) is 4.74 Å². The molecule has 2 aromatic carbocycles. The maximum absolute atomic E-state index is 12.9. The lowest BCUT2D eigenvalue weighted by Gasteiger charge is -2.08. The average molecular weight is 325 g/mol. The lowest BCUT2D eigenvalue weighted by Crippen LogP contribution is -2.12. The number of rotatable bonds is 6. The Balaban J connectivity index is 1.52. The first-order valence-corrected chi connectivity index (χ1v) is 7.51. The fourth-order valence-electron chi connectivity index (χ4n) is 2.14. The molecule has 0 aliphatic heterocycles. The van der Waals surface area contributed by atoms with E-state index in [1.54, 1.807) is 42.6 Å². The number of anilines is 1. The molecule has 0 unspecified atom stereocenters. The highest BCUT2D eigenvalue weighted by Gasteiger charge is 2.05. The number of aromatic nitrogens is 2. The minimum atomic E-state index is -0.310. The van der Waals surface area contributed by atoms with E-state index in [1.807, 2.05) is 6.07 Å². The number of H-pyrrole nitrogens is 1. The van der Waals surface area contributed by atoms with Gasteiger partial charge in [-0.2, -0.15) is 5.10 Å². The Morgan fingerprint density at radius 2 is 1.71 bits per heavy atom. The average Bonchev–Trinajstić information content (AvgIpc) is 3.10. The van der Waals surface area contributed by atoms with Gasteiger partial charge < -0.3 is 10.1 Å². The van der Waals surface area contributed by atoms with E-state index in [-0.39, 0.29) is 11.7 Å². The minimum Gasteiger partial charge on any atom is -0.457 e. The van der Waals surface area contributed by atoms with Crippen LogP contribution in [0.2, 0.25) is 0 Å². The predicted octanol–water partition coefficient (Wildman–Crippen LogP) is 3.91. The molecule has 0 fully saturated rings. The zero-order valence-corrected chi connectivity index (χ0v) is 12.8. The van der Waals surface area contributed by atoms with Crippen LogP contribution in [0.4, 0.5) is 10.1 Å². The van der Waals surface area contributed by atoms with Crippen LogP contribution in [-0.2, 0) is 11.2 Å². The van der Waals surface area contributed by atoms with Gasteiger partial charge in [0.2, 0.25) is 5.91 Å². The molecule has 1 heterocycles. The summed E-state index contributed by atoms with van der Waals surface area (Å²) in [5, 5.41) is 9.49. The van der Waals surface area contributed by atoms with Gasteiger partial charge in [-0.3, -0.25) is 9.89 Å². The molecule has 0 radical (unpaired) electrons. The number of carbonyl (C=O) groups is 1. The van der Waals surface area contributed by atoms with Crippen molar-refractivity contribution in [1.82, 2.24) is 10.2 Å². The molecule has 6 heteroatoms. The maximum atomic E-state index is 12.9. The maximum Gasteiger partial charge on any atom is 0.224 e. The summed E-state index contributed by atoms with van der Waals surface area (Å²) in [6.45, 7) is 0. The lowest BCUT2D eigenvalue weighted by atomic mass is 10.2. The Kier molecular flexibility index (Phi) is 4.86. The molecule has 1 amide bonds. The molecule has 5 nitrogen and oxygen atoms in total. The summed E-state index contributed by atoms with van der Waals surface area (Å²) in [7, 11) is 0. The lowest BCUT2D eigenvalue weighted by molar-refractivity contribution is -0.116. The fraction of sp³-hybridized carbons (Fsp3) is 0.111. The minimum absolute atomic E-state index is 0.0724. The molecule has 2 N–H and O–H groups in total. The van der Waals surface area contributed by atoms with Crippen LogP contribution >= 0.6 is 0 Å². The number of benzene rings is 2. The summed E-state index contributed by atoms with van der Waals surface area (Å²) >= 11 is 0. The second-order valence-electron chi connectivity index (χ2n) is 5.21. The molecule has 122 valence electrons. The van der Waals surface area contributed by atoms with E-state index in [0.29, 0.717) is 30.0 Å². The number of halogens is 1. The van der Waals surface area contributed by atoms with Crippen LogP contribution in [0, 0.1) is 5.82 Å². The summed E-state index contributed by atoms with van der Waals surface area (Å²) in [4.78, 5) is 11.9. The van der Waals surface area contributed by atoms with Crippen LogP contribution < -0.4 is 10.1 Å². The van der Waals surface area contributed by atoms with Gasteiger partial charge in [0.25, 0.3) is 0 Å². The molecule has 0 saturated heterocycles. The number of amides is 1. The van der Waals surface area contributed by atoms with Crippen molar-refractivity contribution in [2.75, 3.05) is 5.32 Å². The molecule has 0 bridgehead atoms. The zero-order valence-electron chi connectivity index (χ0n) is 12.8. The third-order valence-electron chi connectivity index (χ3n) is 3.37. The third kappa shape index (κ3) is 4.42. The number of carbonyl (C=O) groups excluding carboxylic acids is 1. The number of hydrogen-bond acceptors (Lipinski definition) is 3. The number of nitrogens with zero attached hydrogens (tertiary/aromatic N) is 1. The summed E-state index contributed by atoms with van der Waals surface area (Å²) in [6.07, 6.45) is 2.64. The van der Waals surface area contributed by atoms with Crippen LogP contribution in [0.15, 0.2) is 60.8 Å². The Morgan fingerprint density at radius 3 is 2.33 bits per heavy atom. The molecule has 1 aromatic heterocycles. The predicted molar refractivity (Wildman–Crippen MR) is 88.5 cm³/mol. The Hall–Kier alpha value is -3.15. The molecule has 3 aromatic rings. The zero-order chi connectivity index (χ0) is 16.8. The Morgan fingerprint density at radius 1 is 1.04 bits per heavy atom. The van der Waals surface area contributed by atoms with Crippen molar-refractivity contribution in [3.05, 3.63) is 72.3 Å². The van der Waals surface area contributed by atoms with E-state index in [1.165, 1.54) is 12.1 Å². The molecule has 0 aliphatic rings. The summed E-state index contributed by atoms with van der Waals surface area (Å²) in [6, 6.07) is 14.6. The summed E-state index contributed by atoms with van der Waals surface area (Å²) < 4.78 is 18.5.